The minimum absolute atomic E-state index is 0.398. The van der Waals surface area contributed by atoms with E-state index in [1.165, 1.54) is 12.8 Å². The van der Waals surface area contributed by atoms with Crippen molar-refractivity contribution in [1.82, 2.24) is 0 Å². The Morgan fingerprint density at radius 1 is 1.23 bits per heavy atom. The zero-order valence-electron chi connectivity index (χ0n) is 8.76. The largest absolute Gasteiger partial charge is 0.299 e. The maximum Gasteiger partial charge on any atom is 0.137 e. The predicted molar refractivity (Wildman–Crippen MR) is 51.2 cm³/mol. The van der Waals surface area contributed by atoms with Gasteiger partial charge in [-0.05, 0) is 35.5 Å². The number of rotatable bonds is 0. The molecule has 0 N–H and O–H groups in total. The van der Waals surface area contributed by atoms with Crippen LogP contribution in [0.25, 0.3) is 0 Å². The highest BCUT2D eigenvalue weighted by Crippen LogP contribution is 2.72. The van der Waals surface area contributed by atoms with E-state index in [4.69, 9.17) is 0 Å². The van der Waals surface area contributed by atoms with Crippen molar-refractivity contribution in [3.63, 3.8) is 0 Å². The Morgan fingerprint density at radius 2 is 1.92 bits per heavy atom. The highest BCUT2D eigenvalue weighted by atomic mass is 16.1. The van der Waals surface area contributed by atoms with Gasteiger partial charge in [0.15, 0.2) is 0 Å². The van der Waals surface area contributed by atoms with E-state index in [2.05, 4.69) is 20.8 Å². The van der Waals surface area contributed by atoms with Crippen molar-refractivity contribution in [3.8, 4) is 0 Å². The molecule has 4 aliphatic rings. The molecule has 0 radical (unpaired) electrons. The van der Waals surface area contributed by atoms with E-state index in [0.717, 1.165) is 18.3 Å². The third-order valence-corrected chi connectivity index (χ3v) is 5.53. The summed E-state index contributed by atoms with van der Waals surface area (Å²) in [6.07, 6.45) is 3.46. The van der Waals surface area contributed by atoms with E-state index < -0.39 is 0 Å². The fraction of sp³-hybridized carbons (Fsp3) is 0.917. The van der Waals surface area contributed by atoms with Crippen molar-refractivity contribution in [1.29, 1.82) is 0 Å². The first-order chi connectivity index (χ1) is 5.96. The standard InChI is InChI=1S/C12H18O/c1-11(2)7-4-8-9(13)6-12(8,3)10(11)5-7/h7-8,10H,4-6H2,1-3H3. The van der Waals surface area contributed by atoms with Gasteiger partial charge in [0.05, 0.1) is 0 Å². The topological polar surface area (TPSA) is 17.1 Å². The second kappa shape index (κ2) is 1.87. The molecule has 0 aromatic rings. The molecule has 4 fully saturated rings. The first kappa shape index (κ1) is 8.02. The summed E-state index contributed by atoms with van der Waals surface area (Å²) in [7, 11) is 0. The summed E-state index contributed by atoms with van der Waals surface area (Å²) in [5.41, 5.74) is 0.932. The summed E-state index contributed by atoms with van der Waals surface area (Å²) < 4.78 is 0. The monoisotopic (exact) mass is 178 g/mol. The van der Waals surface area contributed by atoms with Crippen molar-refractivity contribution in [2.75, 3.05) is 0 Å². The first-order valence-corrected chi connectivity index (χ1v) is 5.49. The molecular formula is C12H18O. The van der Waals surface area contributed by atoms with E-state index in [1.54, 1.807) is 0 Å². The van der Waals surface area contributed by atoms with E-state index >= 15 is 0 Å². The molecule has 13 heavy (non-hydrogen) atoms. The molecule has 0 spiro atoms. The van der Waals surface area contributed by atoms with Gasteiger partial charge in [0.1, 0.15) is 5.78 Å². The van der Waals surface area contributed by atoms with Gasteiger partial charge in [-0.25, -0.2) is 0 Å². The van der Waals surface area contributed by atoms with Crippen LogP contribution in [-0.2, 0) is 4.79 Å². The van der Waals surface area contributed by atoms with Gasteiger partial charge >= 0.3 is 0 Å². The second-order valence-electron chi connectivity index (χ2n) is 6.24. The van der Waals surface area contributed by atoms with Gasteiger partial charge in [-0.15, -0.1) is 0 Å². The Balaban J connectivity index is 1.97. The zero-order chi connectivity index (χ0) is 9.43. The lowest BCUT2D eigenvalue weighted by atomic mass is 9.33. The van der Waals surface area contributed by atoms with Crippen LogP contribution in [0, 0.1) is 28.6 Å². The molecule has 4 atom stereocenters. The highest BCUT2D eigenvalue weighted by Gasteiger charge is 2.68. The minimum Gasteiger partial charge on any atom is -0.299 e. The van der Waals surface area contributed by atoms with E-state index in [9.17, 15) is 4.79 Å². The van der Waals surface area contributed by atoms with Gasteiger partial charge in [0.2, 0.25) is 0 Å². The predicted octanol–water partition coefficient (Wildman–Crippen LogP) is 2.65. The molecule has 4 saturated carbocycles. The van der Waals surface area contributed by atoms with Gasteiger partial charge in [0, 0.05) is 12.3 Å². The third-order valence-electron chi connectivity index (χ3n) is 5.53. The maximum atomic E-state index is 11.4. The van der Waals surface area contributed by atoms with E-state index in [0.29, 0.717) is 22.5 Å². The molecule has 4 unspecified atom stereocenters. The third kappa shape index (κ3) is 0.660. The van der Waals surface area contributed by atoms with Crippen molar-refractivity contribution in [2.45, 2.75) is 40.0 Å². The van der Waals surface area contributed by atoms with Crippen molar-refractivity contribution in [3.05, 3.63) is 0 Å². The van der Waals surface area contributed by atoms with Crippen LogP contribution in [0.1, 0.15) is 40.0 Å². The van der Waals surface area contributed by atoms with Gasteiger partial charge in [-0.3, -0.25) is 4.79 Å². The second-order valence-corrected chi connectivity index (χ2v) is 6.24. The molecule has 0 saturated heterocycles. The lowest BCUT2D eigenvalue weighted by molar-refractivity contribution is -0.216. The number of carbonyl (C=O) groups excluding carboxylic acids is 1. The number of hydrogen-bond donors (Lipinski definition) is 0. The van der Waals surface area contributed by atoms with E-state index in [1.807, 2.05) is 0 Å². The summed E-state index contributed by atoms with van der Waals surface area (Å²) in [6, 6.07) is 0. The first-order valence-electron chi connectivity index (χ1n) is 5.49. The van der Waals surface area contributed by atoms with Crippen LogP contribution in [0.5, 0.6) is 0 Å². The number of Topliss-reactive ketones (excluding diaryl/α,β-unsaturated/α-hetero) is 1. The molecular weight excluding hydrogens is 160 g/mol. The summed E-state index contributed by atoms with van der Waals surface area (Å²) in [6.45, 7) is 7.15. The lowest BCUT2D eigenvalue weighted by Gasteiger charge is -2.70. The van der Waals surface area contributed by atoms with E-state index in [-0.39, 0.29) is 0 Å². The van der Waals surface area contributed by atoms with Crippen LogP contribution in [0.4, 0.5) is 0 Å². The van der Waals surface area contributed by atoms with Crippen LogP contribution in [-0.4, -0.2) is 5.78 Å². The number of hydrogen-bond acceptors (Lipinski definition) is 1. The smallest absolute Gasteiger partial charge is 0.137 e. The summed E-state index contributed by atoms with van der Waals surface area (Å²) in [5, 5.41) is 0. The fourth-order valence-electron chi connectivity index (χ4n) is 4.44. The Labute approximate surface area is 79.9 Å². The molecule has 0 amide bonds. The molecule has 72 valence electrons. The molecule has 1 heteroatoms. The van der Waals surface area contributed by atoms with Gasteiger partial charge in [-0.1, -0.05) is 20.8 Å². The Kier molecular flexibility index (Phi) is 1.15. The Hall–Kier alpha value is -0.330. The van der Waals surface area contributed by atoms with Crippen molar-refractivity contribution in [2.24, 2.45) is 28.6 Å². The van der Waals surface area contributed by atoms with Gasteiger partial charge in [-0.2, -0.15) is 0 Å². The Morgan fingerprint density at radius 3 is 2.38 bits per heavy atom. The minimum atomic E-state index is 0.398. The fourth-order valence-corrected chi connectivity index (χ4v) is 4.44. The van der Waals surface area contributed by atoms with Gasteiger partial charge in [0.25, 0.3) is 0 Å². The molecule has 4 aliphatic carbocycles. The van der Waals surface area contributed by atoms with Crippen LogP contribution < -0.4 is 0 Å². The molecule has 4 rings (SSSR count). The molecule has 0 aromatic heterocycles. The molecule has 0 aromatic carbocycles. The molecule has 0 heterocycles. The van der Waals surface area contributed by atoms with Crippen molar-refractivity contribution < 1.29 is 4.79 Å². The average Bonchev–Trinajstić information content (AvgIpc) is 2.01. The summed E-state index contributed by atoms with van der Waals surface area (Å²) in [4.78, 5) is 11.4. The summed E-state index contributed by atoms with van der Waals surface area (Å²) in [5.74, 6) is 2.68. The normalized spacial score (nSPS) is 56.2. The van der Waals surface area contributed by atoms with Crippen LogP contribution in [0.2, 0.25) is 0 Å². The number of carbonyl (C=O) groups is 1. The average molecular weight is 178 g/mol. The summed E-state index contributed by atoms with van der Waals surface area (Å²) >= 11 is 0. The highest BCUT2D eigenvalue weighted by molar-refractivity contribution is 5.89. The lowest BCUT2D eigenvalue weighted by Crippen LogP contribution is -2.67. The van der Waals surface area contributed by atoms with Crippen LogP contribution >= 0.6 is 0 Å². The zero-order valence-corrected chi connectivity index (χ0v) is 8.76. The van der Waals surface area contributed by atoms with Crippen molar-refractivity contribution >= 4 is 5.78 Å². The SMILES string of the molecule is CC1(C)C2CC3C(=O)CC3(C)C1C2. The van der Waals surface area contributed by atoms with Crippen LogP contribution in [0.15, 0.2) is 0 Å². The molecule has 2 bridgehead atoms. The maximum absolute atomic E-state index is 11.4. The quantitative estimate of drug-likeness (QED) is 0.557. The molecule has 1 nitrogen and oxygen atoms in total. The van der Waals surface area contributed by atoms with Crippen LogP contribution in [0.3, 0.4) is 0 Å². The molecule has 0 aliphatic heterocycles. The Bertz CT molecular complexity index is 291. The number of ketones is 1. The van der Waals surface area contributed by atoms with Gasteiger partial charge < -0.3 is 0 Å².